The van der Waals surface area contributed by atoms with E-state index in [0.717, 1.165) is 0 Å². The average molecular weight is 365 g/mol. The summed E-state index contributed by atoms with van der Waals surface area (Å²) in [7, 11) is -3.81. The summed E-state index contributed by atoms with van der Waals surface area (Å²) in [5.74, 6) is 1.04. The highest BCUT2D eigenvalue weighted by Crippen LogP contribution is 2.32. The molecule has 0 amide bonds. The van der Waals surface area contributed by atoms with Crippen LogP contribution in [0.2, 0.25) is 0 Å². The molecule has 0 saturated carbocycles. The maximum absolute atomic E-state index is 12.9. The van der Waals surface area contributed by atoms with Crippen molar-refractivity contribution in [3.63, 3.8) is 0 Å². The van der Waals surface area contributed by atoms with Crippen molar-refractivity contribution < 1.29 is 13.2 Å². The van der Waals surface area contributed by atoms with Gasteiger partial charge in [0, 0.05) is 17.8 Å². The normalized spacial score (nSPS) is 11.4. The Bertz CT molecular complexity index is 1150. The Labute approximate surface area is 150 Å². The highest BCUT2D eigenvalue weighted by molar-refractivity contribution is 7.93. The second-order valence-corrected chi connectivity index (χ2v) is 7.22. The molecule has 0 atom stereocenters. The summed E-state index contributed by atoms with van der Waals surface area (Å²) in [5.41, 5.74) is 0.872. The van der Waals surface area contributed by atoms with Gasteiger partial charge in [0.05, 0.1) is 5.69 Å². The molecule has 0 aliphatic carbocycles. The fourth-order valence-corrected chi connectivity index (χ4v) is 3.84. The molecule has 2 aromatic carbocycles. The molecule has 26 heavy (non-hydrogen) atoms. The molecule has 2 N–H and O–H groups in total. The number of pyridine rings is 1. The van der Waals surface area contributed by atoms with E-state index in [4.69, 9.17) is 4.74 Å². The zero-order valence-corrected chi connectivity index (χ0v) is 14.4. The number of sulfonamides is 1. The second-order valence-electron chi connectivity index (χ2n) is 5.57. The smallest absolute Gasteiger partial charge is 0.264 e. The van der Waals surface area contributed by atoms with E-state index in [1.165, 1.54) is 6.20 Å². The molecule has 0 radical (unpaired) electrons. The first kappa shape index (κ1) is 16.2. The molecule has 0 aliphatic rings. The number of hydrogen-bond donors (Lipinski definition) is 2. The van der Waals surface area contributed by atoms with Gasteiger partial charge in [0.1, 0.15) is 16.3 Å². The van der Waals surface area contributed by atoms with Crippen molar-refractivity contribution in [2.24, 2.45) is 0 Å². The van der Waals surface area contributed by atoms with Crippen molar-refractivity contribution in [2.45, 2.75) is 4.90 Å². The fraction of sp³-hybridized carbons (Fsp3) is 0. The highest BCUT2D eigenvalue weighted by atomic mass is 32.2. The van der Waals surface area contributed by atoms with Crippen LogP contribution < -0.4 is 9.46 Å². The lowest BCUT2D eigenvalue weighted by Crippen LogP contribution is -2.13. The molecule has 0 fully saturated rings. The number of nitrogens with zero attached hydrogens (tertiary/aromatic N) is 1. The number of aromatic amines is 1. The Hall–Kier alpha value is -3.32. The largest absolute Gasteiger partial charge is 0.455 e. The van der Waals surface area contributed by atoms with Gasteiger partial charge in [0.15, 0.2) is 5.75 Å². The summed E-state index contributed by atoms with van der Waals surface area (Å²) >= 11 is 0. The Morgan fingerprint density at radius 2 is 1.69 bits per heavy atom. The first-order valence-corrected chi connectivity index (χ1v) is 9.39. The summed E-state index contributed by atoms with van der Waals surface area (Å²) in [4.78, 5) is 7.13. The predicted octanol–water partition coefficient (Wildman–Crippen LogP) is 4.16. The van der Waals surface area contributed by atoms with Crippen LogP contribution in [0.4, 0.5) is 5.69 Å². The van der Waals surface area contributed by atoms with E-state index in [1.54, 1.807) is 54.7 Å². The Morgan fingerprint density at radius 3 is 2.54 bits per heavy atom. The minimum atomic E-state index is -3.81. The monoisotopic (exact) mass is 365 g/mol. The number of para-hydroxylation sites is 3. The molecule has 7 heteroatoms. The Kier molecular flexibility index (Phi) is 4.06. The summed E-state index contributed by atoms with van der Waals surface area (Å²) in [6.45, 7) is 0. The van der Waals surface area contributed by atoms with Crippen molar-refractivity contribution >= 4 is 26.7 Å². The highest BCUT2D eigenvalue weighted by Gasteiger charge is 2.21. The number of anilines is 1. The van der Waals surface area contributed by atoms with Crippen molar-refractivity contribution in [3.8, 4) is 11.5 Å². The minimum Gasteiger partial charge on any atom is -0.455 e. The number of nitrogens with one attached hydrogen (secondary N) is 2. The number of rotatable bonds is 5. The fourth-order valence-electron chi connectivity index (χ4n) is 2.61. The number of ether oxygens (including phenoxy) is 1. The molecule has 130 valence electrons. The molecular formula is C19H15N3O3S. The summed E-state index contributed by atoms with van der Waals surface area (Å²) < 4.78 is 34.1. The van der Waals surface area contributed by atoms with Gasteiger partial charge in [-0.2, -0.15) is 0 Å². The van der Waals surface area contributed by atoms with Crippen LogP contribution in [0, 0.1) is 0 Å². The third-order valence-electron chi connectivity index (χ3n) is 3.81. The van der Waals surface area contributed by atoms with Crippen LogP contribution in [0.15, 0.2) is 84.0 Å². The zero-order chi connectivity index (χ0) is 18.0. The van der Waals surface area contributed by atoms with E-state index in [9.17, 15) is 8.42 Å². The Balaban J connectivity index is 1.69. The van der Waals surface area contributed by atoms with Crippen molar-refractivity contribution in [1.29, 1.82) is 0 Å². The second kappa shape index (κ2) is 6.53. The third kappa shape index (κ3) is 3.12. The van der Waals surface area contributed by atoms with Gasteiger partial charge in [0.25, 0.3) is 10.0 Å². The van der Waals surface area contributed by atoms with Crippen LogP contribution in [0.3, 0.4) is 0 Å². The van der Waals surface area contributed by atoms with Gasteiger partial charge >= 0.3 is 0 Å². The van der Waals surface area contributed by atoms with Gasteiger partial charge in [-0.25, -0.2) is 13.4 Å². The number of aromatic nitrogens is 2. The van der Waals surface area contributed by atoms with E-state index >= 15 is 0 Å². The molecular weight excluding hydrogens is 350 g/mol. The van der Waals surface area contributed by atoms with Crippen molar-refractivity contribution in [1.82, 2.24) is 9.97 Å². The van der Waals surface area contributed by atoms with Crippen molar-refractivity contribution in [2.75, 3.05) is 4.72 Å². The van der Waals surface area contributed by atoms with Gasteiger partial charge in [-0.3, -0.25) is 4.72 Å². The Morgan fingerprint density at radius 1 is 0.923 bits per heavy atom. The van der Waals surface area contributed by atoms with Gasteiger partial charge in [-0.05, 0) is 36.4 Å². The van der Waals surface area contributed by atoms with Gasteiger partial charge in [0.2, 0.25) is 0 Å². The molecule has 0 unspecified atom stereocenters. The van der Waals surface area contributed by atoms with E-state index in [2.05, 4.69) is 14.7 Å². The van der Waals surface area contributed by atoms with Crippen LogP contribution in [-0.2, 0) is 10.0 Å². The van der Waals surface area contributed by atoms with Crippen LogP contribution in [0.1, 0.15) is 0 Å². The zero-order valence-electron chi connectivity index (χ0n) is 13.6. The van der Waals surface area contributed by atoms with E-state index in [-0.39, 0.29) is 4.90 Å². The average Bonchev–Trinajstić information content (AvgIpc) is 3.09. The maximum atomic E-state index is 12.9. The standard InChI is InChI=1S/C19H15N3O3S/c23-26(24,18-13-21-19-15(18)9-6-12-20-19)22-16-10-4-5-11-17(16)25-14-7-2-1-3-8-14/h1-13,22H,(H,20,21). The number of H-pyrrole nitrogens is 1. The van der Waals surface area contributed by atoms with Crippen LogP contribution in [0.5, 0.6) is 11.5 Å². The molecule has 0 saturated heterocycles. The van der Waals surface area contributed by atoms with Crippen molar-refractivity contribution in [3.05, 3.63) is 79.1 Å². The molecule has 2 aromatic heterocycles. The van der Waals surface area contributed by atoms with Crippen LogP contribution in [-0.4, -0.2) is 18.4 Å². The molecule has 0 aliphatic heterocycles. The number of fused-ring (bicyclic) bond motifs is 1. The quantitative estimate of drug-likeness (QED) is 0.556. The number of hydrogen-bond acceptors (Lipinski definition) is 4. The lowest BCUT2D eigenvalue weighted by atomic mass is 10.3. The van der Waals surface area contributed by atoms with Gasteiger partial charge in [-0.1, -0.05) is 30.3 Å². The van der Waals surface area contributed by atoms with E-state index < -0.39 is 10.0 Å². The molecule has 6 nitrogen and oxygen atoms in total. The third-order valence-corrected chi connectivity index (χ3v) is 5.21. The lowest BCUT2D eigenvalue weighted by Gasteiger charge is -2.13. The molecule has 0 bridgehead atoms. The minimum absolute atomic E-state index is 0.134. The molecule has 2 heterocycles. The summed E-state index contributed by atoms with van der Waals surface area (Å²) in [6.07, 6.45) is 3.03. The van der Waals surface area contributed by atoms with E-state index in [1.807, 2.05) is 18.2 Å². The predicted molar refractivity (Wildman–Crippen MR) is 99.9 cm³/mol. The van der Waals surface area contributed by atoms with E-state index in [0.29, 0.717) is 28.2 Å². The SMILES string of the molecule is O=S(=O)(Nc1ccccc1Oc1ccccc1)c1c[nH]c2ncccc12. The molecule has 0 spiro atoms. The summed E-state index contributed by atoms with van der Waals surface area (Å²) in [6, 6.07) is 19.5. The number of benzene rings is 2. The van der Waals surface area contributed by atoms with Gasteiger partial charge in [-0.15, -0.1) is 0 Å². The van der Waals surface area contributed by atoms with Gasteiger partial charge < -0.3 is 9.72 Å². The molecule has 4 aromatic rings. The molecule has 4 rings (SSSR count). The maximum Gasteiger partial charge on any atom is 0.264 e. The first-order chi connectivity index (χ1) is 12.6. The van der Waals surface area contributed by atoms with Crippen LogP contribution >= 0.6 is 0 Å². The lowest BCUT2D eigenvalue weighted by molar-refractivity contribution is 0.485. The summed E-state index contributed by atoms with van der Waals surface area (Å²) in [5, 5.41) is 0.529. The first-order valence-electron chi connectivity index (χ1n) is 7.90. The van der Waals surface area contributed by atoms with Crippen LogP contribution in [0.25, 0.3) is 11.0 Å². The topological polar surface area (TPSA) is 84.1 Å².